The lowest BCUT2D eigenvalue weighted by Gasteiger charge is -2.27. The zero-order valence-corrected chi connectivity index (χ0v) is 8.43. The van der Waals surface area contributed by atoms with Crippen LogP contribution in [0.1, 0.15) is 20.8 Å². The molecule has 6 heteroatoms. The van der Waals surface area contributed by atoms with Crippen molar-refractivity contribution in [1.82, 2.24) is 5.06 Å². The van der Waals surface area contributed by atoms with Crippen LogP contribution in [0.2, 0.25) is 0 Å². The van der Waals surface area contributed by atoms with Gasteiger partial charge in [-0.25, -0.2) is 9.86 Å². The van der Waals surface area contributed by atoms with E-state index in [0.29, 0.717) is 6.41 Å². The van der Waals surface area contributed by atoms with Gasteiger partial charge in [0.25, 0.3) is 0 Å². The molecule has 0 fully saturated rings. The lowest BCUT2D eigenvalue weighted by atomic mass is 10.2. The number of carboxylic acid groups (broad SMARTS) is 1. The molecule has 0 radical (unpaired) electrons. The fraction of sp³-hybridized carbons (Fsp3) is 0.750. The normalized spacial score (nSPS) is 13.4. The SMILES string of the molecule is CC(C)(C)ON(C=O)CC(O)C(=O)O. The summed E-state index contributed by atoms with van der Waals surface area (Å²) in [4.78, 5) is 25.8. The molecule has 6 nitrogen and oxygen atoms in total. The highest BCUT2D eigenvalue weighted by Crippen LogP contribution is 2.09. The van der Waals surface area contributed by atoms with Gasteiger partial charge >= 0.3 is 5.97 Å². The Kier molecular flexibility index (Phi) is 4.52. The second-order valence-corrected chi connectivity index (χ2v) is 3.76. The number of hydrogen-bond donors (Lipinski definition) is 2. The zero-order valence-electron chi connectivity index (χ0n) is 8.43. The predicted molar refractivity (Wildman–Crippen MR) is 47.3 cm³/mol. The van der Waals surface area contributed by atoms with Gasteiger partial charge < -0.3 is 10.2 Å². The molecule has 0 saturated heterocycles. The second-order valence-electron chi connectivity index (χ2n) is 3.76. The van der Waals surface area contributed by atoms with Crippen LogP contribution in [0.15, 0.2) is 0 Å². The molecule has 0 aliphatic rings. The number of amides is 1. The first kappa shape index (κ1) is 12.9. The summed E-state index contributed by atoms with van der Waals surface area (Å²) in [5, 5.41) is 18.1. The van der Waals surface area contributed by atoms with Crippen molar-refractivity contribution in [3.63, 3.8) is 0 Å². The number of aliphatic hydroxyl groups excluding tert-OH is 1. The molecule has 0 saturated carbocycles. The molecule has 1 unspecified atom stereocenters. The molecule has 0 spiro atoms. The molecule has 0 aromatic rings. The standard InChI is InChI=1S/C8H15NO5/c1-8(2,3)14-9(5-10)4-6(11)7(12)13/h5-6,11H,4H2,1-3H3,(H,12,13). The van der Waals surface area contributed by atoms with Crippen molar-refractivity contribution in [3.8, 4) is 0 Å². The summed E-state index contributed by atoms with van der Waals surface area (Å²) in [7, 11) is 0. The minimum atomic E-state index is -1.64. The fourth-order valence-electron chi connectivity index (χ4n) is 0.702. The van der Waals surface area contributed by atoms with Gasteiger partial charge in [-0.3, -0.25) is 9.63 Å². The van der Waals surface area contributed by atoms with Crippen LogP contribution < -0.4 is 0 Å². The molecule has 0 heterocycles. The molecule has 0 aliphatic heterocycles. The van der Waals surface area contributed by atoms with E-state index in [-0.39, 0.29) is 0 Å². The van der Waals surface area contributed by atoms with Crippen LogP contribution in [0, 0.1) is 0 Å². The molecule has 82 valence electrons. The molecule has 1 atom stereocenters. The van der Waals surface area contributed by atoms with Crippen LogP contribution in [0.3, 0.4) is 0 Å². The number of hydroxylamine groups is 2. The van der Waals surface area contributed by atoms with Gasteiger partial charge in [0, 0.05) is 0 Å². The minimum absolute atomic E-state index is 0.331. The van der Waals surface area contributed by atoms with Gasteiger partial charge in [-0.2, -0.15) is 0 Å². The third kappa shape index (κ3) is 5.50. The fourth-order valence-corrected chi connectivity index (χ4v) is 0.702. The molecule has 1 amide bonds. The van der Waals surface area contributed by atoms with E-state index in [1.807, 2.05) is 0 Å². The molecule has 0 aromatic heterocycles. The number of carbonyl (C=O) groups excluding carboxylic acids is 1. The summed E-state index contributed by atoms with van der Waals surface area (Å²) < 4.78 is 0. The third-order valence-electron chi connectivity index (χ3n) is 1.15. The number of carboxylic acids is 1. The zero-order chi connectivity index (χ0) is 11.4. The molecule has 0 aliphatic carbocycles. The number of aliphatic carboxylic acids is 1. The van der Waals surface area contributed by atoms with Crippen molar-refractivity contribution >= 4 is 12.4 Å². The Labute approximate surface area is 82.0 Å². The average molecular weight is 205 g/mol. The maximum absolute atomic E-state index is 10.4. The number of rotatable bonds is 5. The Morgan fingerprint density at radius 2 is 2.07 bits per heavy atom. The van der Waals surface area contributed by atoms with E-state index < -0.39 is 24.2 Å². The second kappa shape index (κ2) is 4.92. The highest BCUT2D eigenvalue weighted by Gasteiger charge is 2.21. The van der Waals surface area contributed by atoms with Crippen molar-refractivity contribution in [1.29, 1.82) is 0 Å². The van der Waals surface area contributed by atoms with Gasteiger partial charge in [-0.05, 0) is 20.8 Å². The topological polar surface area (TPSA) is 87.1 Å². The maximum atomic E-state index is 10.4. The van der Waals surface area contributed by atoms with Gasteiger partial charge in [0.15, 0.2) is 6.10 Å². The quantitative estimate of drug-likeness (QED) is 0.472. The van der Waals surface area contributed by atoms with Gasteiger partial charge in [0.2, 0.25) is 6.41 Å². The lowest BCUT2D eigenvalue weighted by molar-refractivity contribution is -0.224. The van der Waals surface area contributed by atoms with Gasteiger partial charge in [-0.1, -0.05) is 0 Å². The smallest absolute Gasteiger partial charge is 0.334 e. The van der Waals surface area contributed by atoms with E-state index in [0.717, 1.165) is 5.06 Å². The summed E-state index contributed by atoms with van der Waals surface area (Å²) in [6.45, 7) is 4.72. The highest BCUT2D eigenvalue weighted by molar-refractivity contribution is 5.72. The average Bonchev–Trinajstić information content (AvgIpc) is 2.00. The Bertz CT molecular complexity index is 210. The first-order valence-corrected chi connectivity index (χ1v) is 4.08. The monoisotopic (exact) mass is 205 g/mol. The summed E-state index contributed by atoms with van der Waals surface area (Å²) in [5.74, 6) is -1.39. The lowest BCUT2D eigenvalue weighted by Crippen LogP contribution is -2.40. The van der Waals surface area contributed by atoms with Crippen LogP contribution in [0.4, 0.5) is 0 Å². The number of hydrogen-bond acceptors (Lipinski definition) is 4. The Morgan fingerprint density at radius 3 is 2.36 bits per heavy atom. The van der Waals surface area contributed by atoms with Crippen molar-refractivity contribution < 1.29 is 24.6 Å². The van der Waals surface area contributed by atoms with Crippen LogP contribution >= 0.6 is 0 Å². The number of carbonyl (C=O) groups is 2. The van der Waals surface area contributed by atoms with Crippen LogP contribution in [0.5, 0.6) is 0 Å². The van der Waals surface area contributed by atoms with E-state index in [1.165, 1.54) is 0 Å². The van der Waals surface area contributed by atoms with Crippen molar-refractivity contribution in [2.75, 3.05) is 6.54 Å². The van der Waals surface area contributed by atoms with Crippen molar-refractivity contribution in [2.24, 2.45) is 0 Å². The van der Waals surface area contributed by atoms with Crippen LogP contribution in [-0.2, 0) is 14.4 Å². The van der Waals surface area contributed by atoms with Crippen LogP contribution in [-0.4, -0.2) is 45.9 Å². The third-order valence-corrected chi connectivity index (χ3v) is 1.15. The van der Waals surface area contributed by atoms with E-state index in [2.05, 4.69) is 0 Å². The van der Waals surface area contributed by atoms with Gasteiger partial charge in [0.1, 0.15) is 0 Å². The molecule has 0 aromatic carbocycles. The number of aliphatic hydroxyl groups is 1. The number of nitrogens with zero attached hydrogens (tertiary/aromatic N) is 1. The summed E-state index contributed by atoms with van der Waals surface area (Å²) >= 11 is 0. The van der Waals surface area contributed by atoms with Gasteiger partial charge in [0.05, 0.1) is 12.1 Å². The summed E-state index contributed by atoms with van der Waals surface area (Å²) in [6.07, 6.45) is -1.31. The molecule has 0 bridgehead atoms. The van der Waals surface area contributed by atoms with E-state index in [9.17, 15) is 9.59 Å². The van der Waals surface area contributed by atoms with E-state index in [4.69, 9.17) is 15.1 Å². The van der Waals surface area contributed by atoms with Gasteiger partial charge in [-0.15, -0.1) is 0 Å². The van der Waals surface area contributed by atoms with E-state index >= 15 is 0 Å². The summed E-state index contributed by atoms with van der Waals surface area (Å²) in [5.41, 5.74) is -0.612. The molecule has 2 N–H and O–H groups in total. The molecular weight excluding hydrogens is 190 g/mol. The van der Waals surface area contributed by atoms with E-state index in [1.54, 1.807) is 20.8 Å². The Morgan fingerprint density at radius 1 is 1.57 bits per heavy atom. The van der Waals surface area contributed by atoms with Crippen molar-refractivity contribution in [2.45, 2.75) is 32.5 Å². The maximum Gasteiger partial charge on any atom is 0.334 e. The Hall–Kier alpha value is -1.14. The minimum Gasteiger partial charge on any atom is -0.479 e. The largest absolute Gasteiger partial charge is 0.479 e. The first-order valence-electron chi connectivity index (χ1n) is 4.08. The van der Waals surface area contributed by atoms with Crippen LogP contribution in [0.25, 0.3) is 0 Å². The predicted octanol–water partition coefficient (Wildman–Crippen LogP) is -0.380. The van der Waals surface area contributed by atoms with Crippen molar-refractivity contribution in [3.05, 3.63) is 0 Å². The Balaban J connectivity index is 4.17. The molecular formula is C8H15NO5. The highest BCUT2D eigenvalue weighted by atomic mass is 16.7. The summed E-state index contributed by atoms with van der Waals surface area (Å²) in [6, 6.07) is 0. The first-order chi connectivity index (χ1) is 6.26. The molecule has 0 rings (SSSR count). The molecule has 14 heavy (non-hydrogen) atoms.